The van der Waals surface area contributed by atoms with Crippen LogP contribution in [0.4, 0.5) is 5.69 Å². The number of halogens is 1. The topological polar surface area (TPSA) is 54.0 Å². The molecule has 102 valence electrons. The van der Waals surface area contributed by atoms with E-state index in [1.165, 1.54) is 25.7 Å². The van der Waals surface area contributed by atoms with E-state index in [0.717, 1.165) is 16.7 Å². The second kappa shape index (κ2) is 5.59. The van der Waals surface area contributed by atoms with E-state index in [-0.39, 0.29) is 11.9 Å². The molecule has 19 heavy (non-hydrogen) atoms. The second-order valence-corrected chi connectivity index (χ2v) is 6.28. The Labute approximate surface area is 121 Å². The fraction of sp³-hybridized carbons (Fsp3) is 0.571. The van der Waals surface area contributed by atoms with Gasteiger partial charge in [0.1, 0.15) is 4.60 Å². The zero-order valence-electron chi connectivity index (χ0n) is 10.7. The third kappa shape index (κ3) is 2.98. The van der Waals surface area contributed by atoms with E-state index in [4.69, 9.17) is 0 Å². The molecule has 0 radical (unpaired) electrons. The summed E-state index contributed by atoms with van der Waals surface area (Å²) in [6.45, 7) is 0. The van der Waals surface area contributed by atoms with Crippen molar-refractivity contribution >= 4 is 27.5 Å². The van der Waals surface area contributed by atoms with Crippen LogP contribution in [0.2, 0.25) is 0 Å². The van der Waals surface area contributed by atoms with Gasteiger partial charge in [0.2, 0.25) is 5.91 Å². The Kier molecular flexibility index (Phi) is 3.84. The van der Waals surface area contributed by atoms with Crippen LogP contribution in [0.15, 0.2) is 22.9 Å². The average Bonchev–Trinajstić information content (AvgIpc) is 2.85. The summed E-state index contributed by atoms with van der Waals surface area (Å²) in [5.74, 6) is 0.756. The molecule has 1 aliphatic heterocycles. The monoisotopic (exact) mass is 323 g/mol. The van der Waals surface area contributed by atoms with Gasteiger partial charge in [0.05, 0.1) is 17.9 Å². The number of hydrogen-bond donors (Lipinski definition) is 2. The Morgan fingerprint density at radius 2 is 2.21 bits per heavy atom. The number of carbonyl (C=O) groups is 1. The molecule has 1 saturated carbocycles. The van der Waals surface area contributed by atoms with Crippen LogP contribution in [0.1, 0.15) is 32.1 Å². The van der Waals surface area contributed by atoms with Gasteiger partial charge in [0, 0.05) is 6.04 Å². The number of fused-ring (bicyclic) bond motifs is 1. The zero-order chi connectivity index (χ0) is 13.2. The quantitative estimate of drug-likeness (QED) is 0.823. The van der Waals surface area contributed by atoms with Crippen LogP contribution in [0, 0.1) is 5.92 Å². The van der Waals surface area contributed by atoms with Crippen LogP contribution in [0.3, 0.4) is 0 Å². The van der Waals surface area contributed by atoms with Gasteiger partial charge in [-0.3, -0.25) is 4.79 Å². The van der Waals surface area contributed by atoms with Crippen molar-refractivity contribution in [2.24, 2.45) is 5.92 Å². The van der Waals surface area contributed by atoms with E-state index in [1.807, 2.05) is 12.1 Å². The smallest absolute Gasteiger partial charge is 0.241 e. The molecule has 3 unspecified atom stereocenters. The number of carbonyl (C=O) groups excluding carboxylic acids is 1. The molecule has 3 atom stereocenters. The molecule has 2 aliphatic rings. The van der Waals surface area contributed by atoms with E-state index in [9.17, 15) is 4.79 Å². The molecule has 2 fully saturated rings. The highest BCUT2D eigenvalue weighted by molar-refractivity contribution is 9.10. The molecule has 1 amide bonds. The van der Waals surface area contributed by atoms with Crippen LogP contribution >= 0.6 is 15.9 Å². The summed E-state index contributed by atoms with van der Waals surface area (Å²) in [5, 5.41) is 6.42. The van der Waals surface area contributed by atoms with E-state index in [1.54, 1.807) is 6.20 Å². The largest absolute Gasteiger partial charge is 0.323 e. The van der Waals surface area contributed by atoms with Crippen molar-refractivity contribution in [2.75, 3.05) is 5.32 Å². The van der Waals surface area contributed by atoms with Crippen LogP contribution < -0.4 is 10.6 Å². The van der Waals surface area contributed by atoms with Crippen molar-refractivity contribution in [3.8, 4) is 0 Å². The van der Waals surface area contributed by atoms with Crippen molar-refractivity contribution in [2.45, 2.75) is 44.2 Å². The summed E-state index contributed by atoms with van der Waals surface area (Å²) >= 11 is 3.28. The maximum absolute atomic E-state index is 12.2. The number of anilines is 1. The molecule has 1 saturated heterocycles. The summed E-state index contributed by atoms with van der Waals surface area (Å²) in [6, 6.07) is 4.19. The molecule has 2 N–H and O–H groups in total. The molecule has 0 bridgehead atoms. The van der Waals surface area contributed by atoms with Crippen molar-refractivity contribution in [3.63, 3.8) is 0 Å². The second-order valence-electron chi connectivity index (χ2n) is 5.46. The lowest BCUT2D eigenvalue weighted by Crippen LogP contribution is -2.39. The minimum absolute atomic E-state index is 0.0447. The molecule has 0 aromatic carbocycles. The van der Waals surface area contributed by atoms with Gasteiger partial charge in [-0.15, -0.1) is 0 Å². The highest BCUT2D eigenvalue weighted by Gasteiger charge is 2.38. The minimum atomic E-state index is -0.0447. The SMILES string of the molecule is O=C(Nc1ccc(Br)nc1)C1CC2CCCCC2N1. The van der Waals surface area contributed by atoms with E-state index in [2.05, 4.69) is 31.5 Å². The van der Waals surface area contributed by atoms with E-state index >= 15 is 0 Å². The third-order valence-corrected chi connectivity index (χ3v) is 4.64. The number of nitrogens with one attached hydrogen (secondary N) is 2. The fourth-order valence-corrected chi connectivity index (χ4v) is 3.43. The van der Waals surface area contributed by atoms with Crippen molar-refractivity contribution in [1.82, 2.24) is 10.3 Å². The van der Waals surface area contributed by atoms with Crippen LogP contribution in [-0.4, -0.2) is 23.0 Å². The molecule has 5 heteroatoms. The molecular weight excluding hydrogens is 306 g/mol. The number of aromatic nitrogens is 1. The van der Waals surface area contributed by atoms with Gasteiger partial charge in [0.25, 0.3) is 0 Å². The molecule has 1 aromatic rings. The normalized spacial score (nSPS) is 29.8. The number of hydrogen-bond acceptors (Lipinski definition) is 3. The summed E-state index contributed by atoms with van der Waals surface area (Å²) in [4.78, 5) is 16.3. The average molecular weight is 324 g/mol. The number of pyridine rings is 1. The number of amides is 1. The first-order chi connectivity index (χ1) is 9.22. The Bertz CT molecular complexity index is 448. The first kappa shape index (κ1) is 13.1. The summed E-state index contributed by atoms with van der Waals surface area (Å²) in [5.41, 5.74) is 0.755. The maximum atomic E-state index is 12.2. The molecule has 1 aliphatic carbocycles. The molecule has 0 spiro atoms. The maximum Gasteiger partial charge on any atom is 0.241 e. The predicted molar refractivity (Wildman–Crippen MR) is 77.9 cm³/mol. The highest BCUT2D eigenvalue weighted by atomic mass is 79.9. The first-order valence-corrected chi connectivity index (χ1v) is 7.70. The summed E-state index contributed by atoms with van der Waals surface area (Å²) in [7, 11) is 0. The number of rotatable bonds is 2. The zero-order valence-corrected chi connectivity index (χ0v) is 12.3. The van der Waals surface area contributed by atoms with Gasteiger partial charge in [0.15, 0.2) is 0 Å². The Morgan fingerprint density at radius 1 is 1.37 bits per heavy atom. The van der Waals surface area contributed by atoms with Gasteiger partial charge in [-0.05, 0) is 53.2 Å². The van der Waals surface area contributed by atoms with Crippen molar-refractivity contribution in [3.05, 3.63) is 22.9 Å². The third-order valence-electron chi connectivity index (χ3n) is 4.17. The van der Waals surface area contributed by atoms with Crippen LogP contribution in [0.5, 0.6) is 0 Å². The predicted octanol–water partition coefficient (Wildman–Crippen LogP) is 2.70. The fourth-order valence-electron chi connectivity index (χ4n) is 3.20. The van der Waals surface area contributed by atoms with Gasteiger partial charge in [-0.25, -0.2) is 4.98 Å². The molecular formula is C14H18BrN3O. The lowest BCUT2D eigenvalue weighted by atomic mass is 9.85. The Hall–Kier alpha value is -0.940. The Balaban J connectivity index is 1.60. The van der Waals surface area contributed by atoms with Crippen LogP contribution in [-0.2, 0) is 4.79 Å². The highest BCUT2D eigenvalue weighted by Crippen LogP contribution is 2.33. The molecule has 1 aromatic heterocycles. The van der Waals surface area contributed by atoms with Gasteiger partial charge >= 0.3 is 0 Å². The standard InChI is InChI=1S/C14H18BrN3O/c15-13-6-5-10(8-16-13)17-14(19)12-7-9-3-1-2-4-11(9)18-12/h5-6,8-9,11-12,18H,1-4,7H2,(H,17,19). The molecule has 4 nitrogen and oxygen atoms in total. The summed E-state index contributed by atoms with van der Waals surface area (Å²) < 4.78 is 0.774. The van der Waals surface area contributed by atoms with Crippen LogP contribution in [0.25, 0.3) is 0 Å². The Morgan fingerprint density at radius 3 is 2.95 bits per heavy atom. The lowest BCUT2D eigenvalue weighted by molar-refractivity contribution is -0.117. The van der Waals surface area contributed by atoms with Gasteiger partial charge in [-0.2, -0.15) is 0 Å². The summed E-state index contributed by atoms with van der Waals surface area (Å²) in [6.07, 6.45) is 7.73. The molecule has 3 rings (SSSR count). The lowest BCUT2D eigenvalue weighted by Gasteiger charge is -2.24. The van der Waals surface area contributed by atoms with E-state index in [0.29, 0.717) is 12.0 Å². The van der Waals surface area contributed by atoms with Crippen molar-refractivity contribution < 1.29 is 4.79 Å². The first-order valence-electron chi connectivity index (χ1n) is 6.91. The number of nitrogens with zero attached hydrogens (tertiary/aromatic N) is 1. The minimum Gasteiger partial charge on any atom is -0.323 e. The van der Waals surface area contributed by atoms with Gasteiger partial charge in [-0.1, -0.05) is 12.8 Å². The molecule has 2 heterocycles. The van der Waals surface area contributed by atoms with E-state index < -0.39 is 0 Å². The van der Waals surface area contributed by atoms with Crippen molar-refractivity contribution in [1.29, 1.82) is 0 Å². The van der Waals surface area contributed by atoms with Gasteiger partial charge < -0.3 is 10.6 Å².